The van der Waals surface area contributed by atoms with Crippen molar-refractivity contribution in [2.24, 2.45) is 5.92 Å². The molecular formula is C27H33NO6. The number of nitrogens with zero attached hydrogens (tertiary/aromatic N) is 1. The molecule has 0 spiro atoms. The minimum atomic E-state index is -0.754. The number of hydrogen-bond acceptors (Lipinski definition) is 6. The van der Waals surface area contributed by atoms with E-state index in [0.29, 0.717) is 41.8 Å². The van der Waals surface area contributed by atoms with Gasteiger partial charge in [0.2, 0.25) is 0 Å². The molecule has 0 bridgehead atoms. The monoisotopic (exact) mass is 467 g/mol. The Morgan fingerprint density at radius 1 is 1.03 bits per heavy atom. The highest BCUT2D eigenvalue weighted by Gasteiger charge is 2.46. The number of carbonyl (C=O) groups is 2. The van der Waals surface area contributed by atoms with Crippen molar-refractivity contribution in [1.29, 1.82) is 0 Å². The van der Waals surface area contributed by atoms with Gasteiger partial charge >= 0.3 is 0 Å². The third kappa shape index (κ3) is 5.78. The molecular weight excluding hydrogens is 434 g/mol. The number of ketones is 1. The summed E-state index contributed by atoms with van der Waals surface area (Å²) in [5, 5.41) is 11.2. The van der Waals surface area contributed by atoms with Crippen LogP contribution in [0.5, 0.6) is 11.5 Å². The van der Waals surface area contributed by atoms with Gasteiger partial charge in [-0.3, -0.25) is 9.59 Å². The van der Waals surface area contributed by atoms with Crippen molar-refractivity contribution in [2.75, 3.05) is 33.5 Å². The van der Waals surface area contributed by atoms with E-state index >= 15 is 0 Å². The zero-order valence-electron chi connectivity index (χ0n) is 20.2. The molecule has 2 aromatic carbocycles. The number of aliphatic hydroxyl groups is 1. The van der Waals surface area contributed by atoms with Crippen molar-refractivity contribution in [3.8, 4) is 11.5 Å². The van der Waals surface area contributed by atoms with E-state index in [0.717, 1.165) is 6.42 Å². The Kier molecular flexibility index (Phi) is 8.71. The van der Waals surface area contributed by atoms with Crippen molar-refractivity contribution in [2.45, 2.75) is 33.2 Å². The standard InChI is InChI=1S/C27H33NO6/c1-5-33-21-11-9-19(10-12-21)25(29)23-24(28(14-16-32-4)27(31)26(23)30)20-7-6-8-22(17-20)34-15-13-18(2)3/h6-12,17-18,24,29H,5,13-16H2,1-4H3/b25-23+. The first-order chi connectivity index (χ1) is 16.4. The third-order valence-electron chi connectivity index (χ3n) is 5.65. The van der Waals surface area contributed by atoms with Crippen LogP contribution in [-0.4, -0.2) is 55.2 Å². The molecule has 34 heavy (non-hydrogen) atoms. The van der Waals surface area contributed by atoms with Gasteiger partial charge in [-0.1, -0.05) is 26.0 Å². The van der Waals surface area contributed by atoms with Crippen LogP contribution in [0.3, 0.4) is 0 Å². The molecule has 3 rings (SSSR count). The number of carbonyl (C=O) groups excluding carboxylic acids is 2. The Morgan fingerprint density at radius 3 is 2.41 bits per heavy atom. The van der Waals surface area contributed by atoms with Crippen molar-refractivity contribution in [3.05, 3.63) is 65.2 Å². The molecule has 7 nitrogen and oxygen atoms in total. The number of hydrogen-bond donors (Lipinski definition) is 1. The van der Waals surface area contributed by atoms with Gasteiger partial charge in [-0.25, -0.2) is 0 Å². The van der Waals surface area contributed by atoms with Crippen LogP contribution in [0, 0.1) is 5.92 Å². The van der Waals surface area contributed by atoms with Gasteiger partial charge in [0.1, 0.15) is 17.3 Å². The molecule has 7 heteroatoms. The molecule has 1 saturated heterocycles. The van der Waals surface area contributed by atoms with E-state index in [1.165, 1.54) is 12.0 Å². The van der Waals surface area contributed by atoms with Crippen molar-refractivity contribution in [1.82, 2.24) is 4.90 Å². The Balaban J connectivity index is 2.02. The lowest BCUT2D eigenvalue weighted by atomic mass is 9.95. The first-order valence-corrected chi connectivity index (χ1v) is 11.6. The van der Waals surface area contributed by atoms with Crippen molar-refractivity contribution >= 4 is 17.4 Å². The average Bonchev–Trinajstić information content (AvgIpc) is 3.08. The minimum absolute atomic E-state index is 0.0459. The number of methoxy groups -OCH3 is 1. The van der Waals surface area contributed by atoms with Gasteiger partial charge in [0.25, 0.3) is 11.7 Å². The van der Waals surface area contributed by atoms with Gasteiger partial charge in [0.05, 0.1) is 31.4 Å². The highest BCUT2D eigenvalue weighted by molar-refractivity contribution is 6.46. The molecule has 1 fully saturated rings. The number of Topliss-reactive ketones (excluding diaryl/α,β-unsaturated/α-hetero) is 1. The smallest absolute Gasteiger partial charge is 0.295 e. The van der Waals surface area contributed by atoms with Crippen LogP contribution in [0.15, 0.2) is 54.1 Å². The van der Waals surface area contributed by atoms with Crippen LogP contribution in [0.2, 0.25) is 0 Å². The lowest BCUT2D eigenvalue weighted by molar-refractivity contribution is -0.140. The number of amides is 1. The molecule has 0 aliphatic carbocycles. The largest absolute Gasteiger partial charge is 0.507 e. The number of likely N-dealkylation sites (tertiary alicyclic amines) is 1. The minimum Gasteiger partial charge on any atom is -0.507 e. The predicted molar refractivity (Wildman–Crippen MR) is 130 cm³/mol. The van der Waals surface area contributed by atoms with E-state index in [1.807, 2.05) is 31.2 Å². The van der Waals surface area contributed by atoms with Gasteiger partial charge in [-0.05, 0) is 61.2 Å². The van der Waals surface area contributed by atoms with Crippen LogP contribution >= 0.6 is 0 Å². The van der Waals surface area contributed by atoms with Gasteiger partial charge in [-0.15, -0.1) is 0 Å². The summed E-state index contributed by atoms with van der Waals surface area (Å²) in [5.41, 5.74) is 1.16. The maximum absolute atomic E-state index is 13.1. The Labute approximate surface area is 200 Å². The highest BCUT2D eigenvalue weighted by Crippen LogP contribution is 2.40. The lowest BCUT2D eigenvalue weighted by Crippen LogP contribution is -2.32. The molecule has 1 heterocycles. The van der Waals surface area contributed by atoms with Gasteiger partial charge < -0.3 is 24.2 Å². The van der Waals surface area contributed by atoms with E-state index in [4.69, 9.17) is 14.2 Å². The van der Waals surface area contributed by atoms with E-state index in [9.17, 15) is 14.7 Å². The molecule has 0 radical (unpaired) electrons. The summed E-state index contributed by atoms with van der Waals surface area (Å²) in [7, 11) is 1.54. The zero-order chi connectivity index (χ0) is 24.7. The molecule has 2 aromatic rings. The van der Waals surface area contributed by atoms with Crippen LogP contribution in [0.1, 0.15) is 44.4 Å². The summed E-state index contributed by atoms with van der Waals surface area (Å²) in [5.74, 6) is 0.203. The summed E-state index contributed by atoms with van der Waals surface area (Å²) >= 11 is 0. The number of ether oxygens (including phenoxy) is 3. The van der Waals surface area contributed by atoms with Crippen LogP contribution in [-0.2, 0) is 14.3 Å². The summed E-state index contributed by atoms with van der Waals surface area (Å²) in [6.07, 6.45) is 0.911. The SMILES string of the molecule is CCOc1ccc(/C(O)=C2\C(=O)C(=O)N(CCOC)C2c2cccc(OCCC(C)C)c2)cc1. The third-order valence-corrected chi connectivity index (χ3v) is 5.65. The first-order valence-electron chi connectivity index (χ1n) is 11.6. The lowest BCUT2D eigenvalue weighted by Gasteiger charge is -2.25. The van der Waals surface area contributed by atoms with Crippen LogP contribution < -0.4 is 9.47 Å². The summed E-state index contributed by atoms with van der Waals surface area (Å²) < 4.78 is 16.5. The Bertz CT molecular complexity index is 1030. The summed E-state index contributed by atoms with van der Waals surface area (Å²) in [4.78, 5) is 27.5. The molecule has 0 aromatic heterocycles. The second-order valence-electron chi connectivity index (χ2n) is 8.55. The highest BCUT2D eigenvalue weighted by atomic mass is 16.5. The second-order valence-corrected chi connectivity index (χ2v) is 8.55. The van der Waals surface area contributed by atoms with E-state index < -0.39 is 17.7 Å². The normalized spacial score (nSPS) is 17.4. The van der Waals surface area contributed by atoms with Crippen molar-refractivity contribution in [3.63, 3.8) is 0 Å². The molecule has 1 N–H and O–H groups in total. The molecule has 1 unspecified atom stereocenters. The average molecular weight is 468 g/mol. The maximum Gasteiger partial charge on any atom is 0.295 e. The molecule has 1 atom stereocenters. The number of benzene rings is 2. The zero-order valence-corrected chi connectivity index (χ0v) is 20.2. The Hall–Kier alpha value is -3.32. The van der Waals surface area contributed by atoms with E-state index in [2.05, 4.69) is 13.8 Å². The van der Waals surface area contributed by atoms with Gasteiger partial charge in [0, 0.05) is 19.2 Å². The quantitative estimate of drug-likeness (QED) is 0.296. The molecule has 182 valence electrons. The fraction of sp³-hybridized carbons (Fsp3) is 0.407. The van der Waals surface area contributed by atoms with Crippen LogP contribution in [0.25, 0.3) is 5.76 Å². The molecule has 1 aliphatic rings. The summed E-state index contributed by atoms with van der Waals surface area (Å²) in [6, 6.07) is 13.4. The second kappa shape index (κ2) is 11.7. The maximum atomic E-state index is 13.1. The topological polar surface area (TPSA) is 85.3 Å². The fourth-order valence-electron chi connectivity index (χ4n) is 3.86. The molecule has 1 amide bonds. The summed E-state index contributed by atoms with van der Waals surface area (Å²) in [6.45, 7) is 7.70. The van der Waals surface area contributed by atoms with Gasteiger partial charge in [-0.2, -0.15) is 0 Å². The first kappa shape index (κ1) is 25.3. The Morgan fingerprint density at radius 2 is 1.76 bits per heavy atom. The van der Waals surface area contributed by atoms with Crippen LogP contribution in [0.4, 0.5) is 0 Å². The number of rotatable bonds is 11. The molecule has 0 saturated carbocycles. The van der Waals surface area contributed by atoms with E-state index in [1.54, 1.807) is 24.3 Å². The fourth-order valence-corrected chi connectivity index (χ4v) is 3.86. The van der Waals surface area contributed by atoms with Crippen molar-refractivity contribution < 1.29 is 28.9 Å². The van der Waals surface area contributed by atoms with E-state index in [-0.39, 0.29) is 24.5 Å². The van der Waals surface area contributed by atoms with Gasteiger partial charge in [0.15, 0.2) is 0 Å². The molecule has 1 aliphatic heterocycles. The predicted octanol–water partition coefficient (Wildman–Crippen LogP) is 4.58. The number of aliphatic hydroxyl groups excluding tert-OH is 1.